The molecule has 9 heteroatoms. The molecule has 0 aliphatic carbocycles. The number of phosphoric acid groups is 1. The number of aliphatic hydroxyl groups excluding tert-OH is 1. The summed E-state index contributed by atoms with van der Waals surface area (Å²) in [5.74, 6) is -0.206. The quantitative estimate of drug-likeness (QED) is 0.0272. The second-order valence-electron chi connectivity index (χ2n) is 22.0. The largest absolute Gasteiger partial charge is 0.756 e. The van der Waals surface area contributed by atoms with Gasteiger partial charge in [-0.3, -0.25) is 9.36 Å². The highest BCUT2D eigenvalue weighted by atomic mass is 31.2. The van der Waals surface area contributed by atoms with Gasteiger partial charge in [-0.25, -0.2) is 0 Å². The van der Waals surface area contributed by atoms with Crippen LogP contribution in [0.25, 0.3) is 0 Å². The molecule has 0 bridgehead atoms. The molecule has 8 nitrogen and oxygen atoms in total. The molecule has 0 fully saturated rings. The lowest BCUT2D eigenvalue weighted by atomic mass is 10.0. The Labute approximate surface area is 447 Å². The third-order valence-electron chi connectivity index (χ3n) is 13.7. The third-order valence-corrected chi connectivity index (χ3v) is 14.7. The minimum atomic E-state index is -4.61. The zero-order valence-electron chi connectivity index (χ0n) is 48.1. The molecular formula is C63H119N2O6P. The van der Waals surface area contributed by atoms with Crippen molar-refractivity contribution in [3.8, 4) is 0 Å². The maximum atomic E-state index is 13.0. The minimum Gasteiger partial charge on any atom is -0.756 e. The summed E-state index contributed by atoms with van der Waals surface area (Å²) < 4.78 is 23.4. The maximum absolute atomic E-state index is 13.0. The average molecular weight is 1030 g/mol. The number of hydrogen-bond donors (Lipinski definition) is 2. The van der Waals surface area contributed by atoms with Crippen molar-refractivity contribution in [2.75, 3.05) is 40.9 Å². The van der Waals surface area contributed by atoms with E-state index in [-0.39, 0.29) is 12.5 Å². The van der Waals surface area contributed by atoms with E-state index in [2.05, 4.69) is 67.8 Å². The van der Waals surface area contributed by atoms with E-state index in [9.17, 15) is 19.4 Å². The Kier molecular flexibility index (Phi) is 52.7. The number of carbonyl (C=O) groups excluding carboxylic acids is 1. The number of amides is 1. The van der Waals surface area contributed by atoms with Crippen LogP contribution in [0, 0.1) is 0 Å². The zero-order valence-corrected chi connectivity index (χ0v) is 49.0. The van der Waals surface area contributed by atoms with E-state index in [1.807, 2.05) is 27.2 Å². The molecule has 0 heterocycles. The fourth-order valence-electron chi connectivity index (χ4n) is 8.88. The topological polar surface area (TPSA) is 108 Å². The van der Waals surface area contributed by atoms with Crippen molar-refractivity contribution in [3.63, 3.8) is 0 Å². The van der Waals surface area contributed by atoms with Gasteiger partial charge in [0.25, 0.3) is 7.82 Å². The van der Waals surface area contributed by atoms with Gasteiger partial charge >= 0.3 is 0 Å². The molecule has 2 N–H and O–H groups in total. The highest BCUT2D eigenvalue weighted by Crippen LogP contribution is 2.38. The van der Waals surface area contributed by atoms with Crippen molar-refractivity contribution in [1.82, 2.24) is 5.32 Å². The van der Waals surface area contributed by atoms with Gasteiger partial charge in [0, 0.05) is 6.42 Å². The standard InChI is InChI=1S/C63H119N2O6P/c1-6-8-10-12-14-16-18-20-22-24-26-28-29-30-31-32-33-34-35-37-39-41-43-45-47-49-51-53-55-57-63(67)64-61(60-71-72(68,69)70-59-58-65(3,4)5)62(66)56-54-52-50-48-46-44-42-40-38-36-27-25-23-21-19-17-15-13-11-9-7-2/h18,20,24,26,29-30,46,48,54,56,61-62,66H,6-17,19,21-23,25,27-28,31-45,47,49-53,55,57-60H2,1-5H3,(H-,64,67,68,69)/b20-18-,26-24-,30-29-,48-46+,56-54+. The summed E-state index contributed by atoms with van der Waals surface area (Å²) in [6.45, 7) is 4.64. The molecule has 0 saturated carbocycles. The van der Waals surface area contributed by atoms with Crippen LogP contribution in [-0.4, -0.2) is 68.5 Å². The van der Waals surface area contributed by atoms with E-state index < -0.39 is 26.6 Å². The minimum absolute atomic E-state index is 0.00737. The molecule has 0 radical (unpaired) electrons. The molecule has 0 aromatic heterocycles. The second-order valence-corrected chi connectivity index (χ2v) is 23.5. The van der Waals surface area contributed by atoms with Crippen LogP contribution in [0.3, 0.4) is 0 Å². The van der Waals surface area contributed by atoms with Gasteiger partial charge < -0.3 is 28.8 Å². The molecular weight excluding hydrogens is 912 g/mol. The molecule has 0 aliphatic heterocycles. The van der Waals surface area contributed by atoms with Gasteiger partial charge in [0.2, 0.25) is 5.91 Å². The molecule has 0 aromatic rings. The van der Waals surface area contributed by atoms with E-state index in [1.54, 1.807) is 6.08 Å². The Balaban J connectivity index is 4.19. The molecule has 3 unspecified atom stereocenters. The van der Waals surface area contributed by atoms with Gasteiger partial charge in [-0.05, 0) is 70.6 Å². The first-order valence-corrected chi connectivity index (χ1v) is 32.1. The van der Waals surface area contributed by atoms with E-state index >= 15 is 0 Å². The van der Waals surface area contributed by atoms with Crippen LogP contribution in [-0.2, 0) is 18.4 Å². The Morgan fingerprint density at radius 3 is 1.22 bits per heavy atom. The van der Waals surface area contributed by atoms with Gasteiger partial charge in [0.05, 0.1) is 39.9 Å². The summed E-state index contributed by atoms with van der Waals surface area (Å²) in [6, 6.07) is -0.906. The number of phosphoric ester groups is 1. The van der Waals surface area contributed by atoms with Gasteiger partial charge in [-0.15, -0.1) is 0 Å². The Bertz CT molecular complexity index is 1360. The molecule has 422 valence electrons. The smallest absolute Gasteiger partial charge is 0.268 e. The number of allylic oxidation sites excluding steroid dienone is 9. The van der Waals surface area contributed by atoms with E-state index in [0.717, 1.165) is 51.4 Å². The maximum Gasteiger partial charge on any atom is 0.268 e. The fourth-order valence-corrected chi connectivity index (χ4v) is 9.61. The van der Waals surface area contributed by atoms with E-state index in [0.29, 0.717) is 17.4 Å². The lowest BCUT2D eigenvalue weighted by Crippen LogP contribution is -2.45. The van der Waals surface area contributed by atoms with Crippen LogP contribution in [0.1, 0.15) is 284 Å². The fraction of sp³-hybridized carbons (Fsp3) is 0.825. The van der Waals surface area contributed by atoms with Gasteiger partial charge in [0.15, 0.2) is 0 Å². The second kappa shape index (κ2) is 54.0. The number of quaternary nitrogens is 1. The molecule has 72 heavy (non-hydrogen) atoms. The van der Waals surface area contributed by atoms with Crippen LogP contribution >= 0.6 is 7.82 Å². The van der Waals surface area contributed by atoms with Crippen molar-refractivity contribution < 1.29 is 32.9 Å². The highest BCUT2D eigenvalue weighted by Gasteiger charge is 2.23. The SMILES string of the molecule is CCCCCCC/C=C\C/C=C\C/C=C\CCCCCCCCCCCCCCCCC(=O)NC(COP(=O)([O-])OCC[N+](C)(C)C)C(O)/C=C/CC/C=C/CCCCCCCCCCCCCCCCC. The van der Waals surface area contributed by atoms with Crippen molar-refractivity contribution in [2.24, 2.45) is 0 Å². The van der Waals surface area contributed by atoms with Gasteiger partial charge in [0.1, 0.15) is 13.2 Å². The number of likely N-dealkylation sites (N-methyl/N-ethyl adjacent to an activating group) is 1. The molecule has 0 rings (SSSR count). The first-order chi connectivity index (χ1) is 35.0. The van der Waals surface area contributed by atoms with Crippen LogP contribution in [0.4, 0.5) is 0 Å². The Hall–Kier alpha value is -1.80. The summed E-state index contributed by atoms with van der Waals surface area (Å²) in [5, 5.41) is 13.9. The van der Waals surface area contributed by atoms with Gasteiger partial charge in [-0.2, -0.15) is 0 Å². The first kappa shape index (κ1) is 70.2. The Morgan fingerprint density at radius 2 is 0.819 bits per heavy atom. The van der Waals surface area contributed by atoms with Crippen LogP contribution in [0.15, 0.2) is 60.8 Å². The van der Waals surface area contributed by atoms with Crippen molar-refractivity contribution in [3.05, 3.63) is 60.8 Å². The average Bonchev–Trinajstić information content (AvgIpc) is 3.34. The highest BCUT2D eigenvalue weighted by molar-refractivity contribution is 7.45. The van der Waals surface area contributed by atoms with Crippen LogP contribution in [0.2, 0.25) is 0 Å². The molecule has 0 spiro atoms. The zero-order chi connectivity index (χ0) is 52.7. The number of carbonyl (C=O) groups is 1. The number of nitrogens with one attached hydrogen (secondary N) is 1. The lowest BCUT2D eigenvalue weighted by Gasteiger charge is -2.29. The summed E-state index contributed by atoms with van der Waals surface area (Å²) >= 11 is 0. The van der Waals surface area contributed by atoms with Crippen LogP contribution < -0.4 is 10.2 Å². The van der Waals surface area contributed by atoms with E-state index in [4.69, 9.17) is 9.05 Å². The monoisotopic (exact) mass is 1030 g/mol. The predicted molar refractivity (Wildman–Crippen MR) is 311 cm³/mol. The van der Waals surface area contributed by atoms with E-state index in [1.165, 1.54) is 212 Å². The molecule has 3 atom stereocenters. The third kappa shape index (κ3) is 55.9. The normalized spacial score (nSPS) is 14.3. The predicted octanol–water partition coefficient (Wildman–Crippen LogP) is 18.2. The number of hydrogen-bond acceptors (Lipinski definition) is 6. The molecule has 1 amide bonds. The van der Waals surface area contributed by atoms with Crippen molar-refractivity contribution >= 4 is 13.7 Å². The summed E-state index contributed by atoms with van der Waals surface area (Å²) in [4.78, 5) is 25.5. The number of nitrogens with zero attached hydrogens (tertiary/aromatic N) is 1. The molecule has 0 aromatic carbocycles. The molecule has 0 saturated heterocycles. The summed E-state index contributed by atoms with van der Waals surface area (Å²) in [6.07, 6.45) is 73.1. The number of unbranched alkanes of at least 4 members (excludes halogenated alkanes) is 35. The Morgan fingerprint density at radius 1 is 0.486 bits per heavy atom. The molecule has 0 aliphatic rings. The van der Waals surface area contributed by atoms with Gasteiger partial charge in [-0.1, -0.05) is 267 Å². The lowest BCUT2D eigenvalue weighted by molar-refractivity contribution is -0.870. The van der Waals surface area contributed by atoms with Crippen LogP contribution in [0.5, 0.6) is 0 Å². The number of rotatable bonds is 56. The summed E-state index contributed by atoms with van der Waals surface area (Å²) in [7, 11) is 1.25. The van der Waals surface area contributed by atoms with Crippen molar-refractivity contribution in [1.29, 1.82) is 0 Å². The first-order valence-electron chi connectivity index (χ1n) is 30.7. The number of aliphatic hydroxyl groups is 1. The van der Waals surface area contributed by atoms with Crippen molar-refractivity contribution in [2.45, 2.75) is 296 Å². The summed E-state index contributed by atoms with van der Waals surface area (Å²) in [5.41, 5.74) is 0.